The predicted molar refractivity (Wildman–Crippen MR) is 104 cm³/mol. The highest BCUT2D eigenvalue weighted by molar-refractivity contribution is 5.78. The summed E-state index contributed by atoms with van der Waals surface area (Å²) in [6.07, 6.45) is 11.4. The Morgan fingerprint density at radius 1 is 0.760 bits per heavy atom. The Labute approximate surface area is 152 Å². The van der Waals surface area contributed by atoms with Crippen LogP contribution < -0.4 is 4.89 Å². The third-order valence-electron chi connectivity index (χ3n) is 5.04. The summed E-state index contributed by atoms with van der Waals surface area (Å²) in [7, 11) is 0. The van der Waals surface area contributed by atoms with Crippen molar-refractivity contribution >= 4 is 0 Å². The first-order chi connectivity index (χ1) is 12.4. The summed E-state index contributed by atoms with van der Waals surface area (Å²) in [6, 6.07) is 14.8. The minimum Gasteiger partial charge on any atom is -0.337 e. The highest BCUT2D eigenvalue weighted by Gasteiger charge is 2.21. The van der Waals surface area contributed by atoms with Gasteiger partial charge in [0, 0.05) is 12.0 Å². The monoisotopic (exact) mass is 338 g/mol. The van der Waals surface area contributed by atoms with E-state index in [1.165, 1.54) is 67.2 Å². The molecule has 0 unspecified atom stereocenters. The van der Waals surface area contributed by atoms with Crippen molar-refractivity contribution < 1.29 is 9.78 Å². The van der Waals surface area contributed by atoms with Crippen molar-refractivity contribution in [2.24, 2.45) is 0 Å². The molecular formula is C23H30O2. The van der Waals surface area contributed by atoms with E-state index in [4.69, 9.17) is 9.78 Å². The molecule has 1 aliphatic carbocycles. The quantitative estimate of drug-likeness (QED) is 0.220. The molecule has 0 fully saturated rings. The Hall–Kier alpha value is -1.80. The maximum Gasteiger partial charge on any atom is 0.169 e. The Bertz CT molecular complexity index is 663. The molecule has 25 heavy (non-hydrogen) atoms. The summed E-state index contributed by atoms with van der Waals surface area (Å²) in [4.78, 5) is 11.1. The lowest BCUT2D eigenvalue weighted by Crippen LogP contribution is -2.01. The van der Waals surface area contributed by atoms with Gasteiger partial charge in [-0.15, -0.1) is 0 Å². The van der Waals surface area contributed by atoms with Crippen molar-refractivity contribution in [2.75, 3.05) is 6.61 Å². The molecule has 0 atom stereocenters. The summed E-state index contributed by atoms with van der Waals surface area (Å²) < 4.78 is 0. The topological polar surface area (TPSA) is 18.5 Å². The van der Waals surface area contributed by atoms with Crippen LogP contribution in [0.3, 0.4) is 0 Å². The van der Waals surface area contributed by atoms with Gasteiger partial charge in [-0.1, -0.05) is 88.3 Å². The highest BCUT2D eigenvalue weighted by Crippen LogP contribution is 2.40. The first kappa shape index (κ1) is 18.0. The van der Waals surface area contributed by atoms with E-state index in [-0.39, 0.29) is 0 Å². The first-order valence-electron chi connectivity index (χ1n) is 9.90. The Morgan fingerprint density at radius 3 is 2.32 bits per heavy atom. The number of hydrogen-bond acceptors (Lipinski definition) is 2. The molecule has 3 rings (SSSR count). The largest absolute Gasteiger partial charge is 0.337 e. The van der Waals surface area contributed by atoms with Gasteiger partial charge >= 0.3 is 0 Å². The van der Waals surface area contributed by atoms with Gasteiger partial charge in [-0.25, -0.2) is 0 Å². The third-order valence-corrected chi connectivity index (χ3v) is 5.04. The molecule has 0 aliphatic heterocycles. The van der Waals surface area contributed by atoms with Crippen molar-refractivity contribution in [2.45, 2.75) is 64.7 Å². The molecule has 2 heteroatoms. The summed E-state index contributed by atoms with van der Waals surface area (Å²) in [5.41, 5.74) is 5.23. The van der Waals surface area contributed by atoms with Crippen LogP contribution in [0, 0.1) is 0 Å². The molecule has 134 valence electrons. The van der Waals surface area contributed by atoms with Crippen LogP contribution in [0.15, 0.2) is 42.5 Å². The number of benzene rings is 2. The third kappa shape index (κ3) is 4.85. The van der Waals surface area contributed by atoms with E-state index in [0.29, 0.717) is 6.61 Å². The lowest BCUT2D eigenvalue weighted by atomic mass is 10.1. The van der Waals surface area contributed by atoms with E-state index in [2.05, 4.69) is 43.3 Å². The molecule has 0 heterocycles. The van der Waals surface area contributed by atoms with Crippen LogP contribution in [0.25, 0.3) is 11.1 Å². The Balaban J connectivity index is 1.38. The molecule has 0 N–H and O–H groups in total. The van der Waals surface area contributed by atoms with E-state index in [1.807, 2.05) is 6.07 Å². The zero-order valence-electron chi connectivity index (χ0n) is 15.4. The predicted octanol–water partition coefficient (Wildman–Crippen LogP) is 6.71. The Morgan fingerprint density at radius 2 is 1.48 bits per heavy atom. The van der Waals surface area contributed by atoms with Gasteiger partial charge in [-0.3, -0.25) is 0 Å². The molecule has 0 spiro atoms. The van der Waals surface area contributed by atoms with Gasteiger partial charge in [-0.05, 0) is 29.2 Å². The van der Waals surface area contributed by atoms with E-state index in [9.17, 15) is 0 Å². The average Bonchev–Trinajstić information content (AvgIpc) is 3.03. The Kier molecular flexibility index (Phi) is 6.93. The number of hydrogen-bond donors (Lipinski definition) is 0. The average molecular weight is 338 g/mol. The van der Waals surface area contributed by atoms with Crippen LogP contribution >= 0.6 is 0 Å². The molecule has 0 bridgehead atoms. The fourth-order valence-electron chi connectivity index (χ4n) is 3.61. The zero-order valence-corrected chi connectivity index (χ0v) is 15.4. The van der Waals surface area contributed by atoms with Crippen molar-refractivity contribution in [1.82, 2.24) is 0 Å². The smallest absolute Gasteiger partial charge is 0.169 e. The van der Waals surface area contributed by atoms with Crippen molar-refractivity contribution in [3.8, 4) is 16.9 Å². The van der Waals surface area contributed by atoms with Gasteiger partial charge in [0.15, 0.2) is 5.75 Å². The normalized spacial score (nSPS) is 12.0. The second-order valence-electron chi connectivity index (χ2n) is 7.00. The van der Waals surface area contributed by atoms with Crippen LogP contribution in [-0.2, 0) is 11.3 Å². The molecule has 1 aliphatic rings. The minimum atomic E-state index is 0.672. The van der Waals surface area contributed by atoms with E-state index >= 15 is 0 Å². The fourth-order valence-corrected chi connectivity index (χ4v) is 3.61. The van der Waals surface area contributed by atoms with Crippen molar-refractivity contribution in [1.29, 1.82) is 0 Å². The summed E-state index contributed by atoms with van der Waals surface area (Å²) >= 11 is 0. The SMILES string of the molecule is CCCCCCCCCCOOc1cccc2c1Cc1ccccc1-2. The fraction of sp³-hybridized carbons (Fsp3) is 0.478. The van der Waals surface area contributed by atoms with E-state index in [1.54, 1.807) is 0 Å². The van der Waals surface area contributed by atoms with E-state index < -0.39 is 0 Å². The van der Waals surface area contributed by atoms with Crippen LogP contribution in [0.2, 0.25) is 0 Å². The first-order valence-corrected chi connectivity index (χ1v) is 9.90. The molecule has 0 radical (unpaired) electrons. The summed E-state index contributed by atoms with van der Waals surface area (Å²) in [5.74, 6) is 0.869. The van der Waals surface area contributed by atoms with Crippen LogP contribution in [0.4, 0.5) is 0 Å². The minimum absolute atomic E-state index is 0.672. The number of unbranched alkanes of at least 4 members (excludes halogenated alkanes) is 7. The van der Waals surface area contributed by atoms with Gasteiger partial charge in [0.25, 0.3) is 0 Å². The van der Waals surface area contributed by atoms with Gasteiger partial charge in [0.05, 0.1) is 6.61 Å². The van der Waals surface area contributed by atoms with Crippen LogP contribution in [0.1, 0.15) is 69.4 Å². The second-order valence-corrected chi connectivity index (χ2v) is 7.00. The molecule has 0 amide bonds. The molecule has 2 nitrogen and oxygen atoms in total. The van der Waals surface area contributed by atoms with Gasteiger partial charge in [0.1, 0.15) is 0 Å². The molecule has 2 aromatic carbocycles. The molecule has 0 saturated heterocycles. The second kappa shape index (κ2) is 9.62. The van der Waals surface area contributed by atoms with Crippen LogP contribution in [-0.4, -0.2) is 6.61 Å². The highest BCUT2D eigenvalue weighted by atomic mass is 17.2. The van der Waals surface area contributed by atoms with Gasteiger partial charge in [0.2, 0.25) is 0 Å². The van der Waals surface area contributed by atoms with Gasteiger partial charge in [-0.2, -0.15) is 4.89 Å². The standard InChI is InChI=1S/C23H30O2/c1-2-3-4-5-6-7-8-11-17-24-25-23-16-12-15-21-20-14-10-9-13-19(20)18-22(21)23/h9-10,12-16H,2-8,11,17-18H2,1H3. The maximum absolute atomic E-state index is 5.64. The molecule has 0 aromatic heterocycles. The molecule has 0 saturated carbocycles. The number of fused-ring (bicyclic) bond motifs is 3. The van der Waals surface area contributed by atoms with Crippen molar-refractivity contribution in [3.63, 3.8) is 0 Å². The lowest BCUT2D eigenvalue weighted by Gasteiger charge is -2.09. The van der Waals surface area contributed by atoms with Crippen molar-refractivity contribution in [3.05, 3.63) is 53.6 Å². The zero-order chi connectivity index (χ0) is 17.3. The lowest BCUT2D eigenvalue weighted by molar-refractivity contribution is -0.207. The maximum atomic E-state index is 5.64. The summed E-state index contributed by atoms with van der Waals surface area (Å²) in [6.45, 7) is 2.93. The van der Waals surface area contributed by atoms with Gasteiger partial charge < -0.3 is 4.89 Å². The van der Waals surface area contributed by atoms with Crippen LogP contribution in [0.5, 0.6) is 5.75 Å². The summed E-state index contributed by atoms with van der Waals surface area (Å²) in [5, 5.41) is 0. The number of rotatable bonds is 11. The molecule has 2 aromatic rings. The molecular weight excluding hydrogens is 308 g/mol. The van der Waals surface area contributed by atoms with E-state index in [0.717, 1.165) is 18.6 Å².